The molecule has 0 spiro atoms. The summed E-state index contributed by atoms with van der Waals surface area (Å²) in [6.07, 6.45) is 18.8. The van der Waals surface area contributed by atoms with Crippen LogP contribution in [-0.2, 0) is 14.3 Å². The van der Waals surface area contributed by atoms with Crippen molar-refractivity contribution in [2.45, 2.75) is 172 Å². The molecule has 0 saturated carbocycles. The van der Waals surface area contributed by atoms with Gasteiger partial charge < -0.3 is 28.8 Å². The van der Waals surface area contributed by atoms with Gasteiger partial charge in [-0.3, -0.25) is 9.59 Å². The molecule has 14 heteroatoms. The molecule has 4 aromatic carbocycles. The maximum atomic E-state index is 13.7. The van der Waals surface area contributed by atoms with Crippen LogP contribution in [0.1, 0.15) is 166 Å². The van der Waals surface area contributed by atoms with Gasteiger partial charge in [-0.15, -0.1) is 0 Å². The maximum absolute atomic E-state index is 13.7. The monoisotopic (exact) mass is 1110 g/mol. The molecular formula is C62H78O10S4. The normalized spacial score (nSPS) is 17.1. The first-order chi connectivity index (χ1) is 36.1. The van der Waals surface area contributed by atoms with Gasteiger partial charge in [-0.1, -0.05) is 81.0 Å². The number of hydrogen-bond acceptors (Lipinski definition) is 13. The summed E-state index contributed by atoms with van der Waals surface area (Å²) in [4.78, 5) is 51.3. The molecule has 2 heterocycles. The summed E-state index contributed by atoms with van der Waals surface area (Å²) in [5.74, 6) is 2.26. The third-order valence-electron chi connectivity index (χ3n) is 13.4. The van der Waals surface area contributed by atoms with Gasteiger partial charge >= 0.3 is 11.9 Å². The Morgan fingerprint density at radius 1 is 0.579 bits per heavy atom. The van der Waals surface area contributed by atoms with Crippen molar-refractivity contribution in [2.24, 2.45) is 0 Å². The number of aryl methyl sites for hydroxylation is 4. The summed E-state index contributed by atoms with van der Waals surface area (Å²) in [5.41, 5.74) is 2.87. The number of ether oxygens (including phenoxy) is 5. The van der Waals surface area contributed by atoms with Crippen molar-refractivity contribution < 1.29 is 48.0 Å². The lowest BCUT2D eigenvalue weighted by molar-refractivity contribution is -0.173. The van der Waals surface area contributed by atoms with Gasteiger partial charge in [0.15, 0.2) is 22.8 Å². The van der Waals surface area contributed by atoms with Gasteiger partial charge in [-0.2, -0.15) is 0 Å². The Kier molecular flexibility index (Phi) is 22.5. The van der Waals surface area contributed by atoms with Crippen molar-refractivity contribution >= 4 is 78.8 Å². The summed E-state index contributed by atoms with van der Waals surface area (Å²) in [6.45, 7) is 19.4. The molecule has 1 N–H and O–H groups in total. The number of carboxylic acids is 1. The molecule has 2 saturated heterocycles. The van der Waals surface area contributed by atoms with Crippen molar-refractivity contribution in [1.29, 1.82) is 0 Å². The van der Waals surface area contributed by atoms with Gasteiger partial charge in [0.2, 0.25) is 0 Å². The Morgan fingerprint density at radius 2 is 1.03 bits per heavy atom. The van der Waals surface area contributed by atoms with Gasteiger partial charge in [0.25, 0.3) is 0 Å². The predicted octanol–water partition coefficient (Wildman–Crippen LogP) is 16.1. The summed E-state index contributed by atoms with van der Waals surface area (Å²) in [7, 11) is 7.87. The van der Waals surface area contributed by atoms with Crippen LogP contribution >= 0.6 is 43.2 Å². The average Bonchev–Trinajstić information content (AvgIpc) is 4.06. The molecule has 0 amide bonds. The Balaban J connectivity index is 0.855. The Bertz CT molecular complexity index is 2620. The second-order valence-electron chi connectivity index (χ2n) is 21.7. The van der Waals surface area contributed by atoms with Crippen LogP contribution in [0.4, 0.5) is 0 Å². The first kappa shape index (κ1) is 60.5. The molecular weight excluding hydrogens is 1030 g/mol. The number of ketones is 2. The van der Waals surface area contributed by atoms with E-state index in [0.29, 0.717) is 46.3 Å². The summed E-state index contributed by atoms with van der Waals surface area (Å²) < 4.78 is 30.3. The van der Waals surface area contributed by atoms with Crippen molar-refractivity contribution in [2.75, 3.05) is 19.0 Å². The second-order valence-corrected chi connectivity index (χ2v) is 27.4. The van der Waals surface area contributed by atoms with Crippen LogP contribution in [-0.4, -0.2) is 80.1 Å². The van der Waals surface area contributed by atoms with E-state index in [-0.39, 0.29) is 11.6 Å². The van der Waals surface area contributed by atoms with E-state index in [1.165, 1.54) is 51.4 Å². The van der Waals surface area contributed by atoms with Gasteiger partial charge in [0, 0.05) is 32.6 Å². The second kappa shape index (κ2) is 28.2. The molecule has 2 fully saturated rings. The molecule has 2 aliphatic heterocycles. The molecule has 3 unspecified atom stereocenters. The van der Waals surface area contributed by atoms with Crippen LogP contribution in [0.25, 0.3) is 12.2 Å². The minimum Gasteiger partial charge on any atom is -0.494 e. The number of carbonyl (C=O) groups excluding carboxylic acids is 3. The van der Waals surface area contributed by atoms with Crippen LogP contribution in [0.15, 0.2) is 84.9 Å². The van der Waals surface area contributed by atoms with Crippen molar-refractivity contribution in [3.05, 3.63) is 129 Å². The van der Waals surface area contributed by atoms with Crippen LogP contribution in [0.3, 0.4) is 0 Å². The molecule has 0 radical (unpaired) electrons. The highest BCUT2D eigenvalue weighted by Gasteiger charge is 2.39. The van der Waals surface area contributed by atoms with E-state index < -0.39 is 28.7 Å². The van der Waals surface area contributed by atoms with E-state index in [9.17, 15) is 24.3 Å². The smallest absolute Gasteiger partial charge is 0.350 e. The zero-order valence-corrected chi connectivity index (χ0v) is 49.4. The quantitative estimate of drug-likeness (QED) is 0.0182. The standard InChI is InChI=1S/C62H78O10S4/c1-41-35-45(36-42(2)56(41)70-61(7,8)58(65)66)19-29-54(63)47-23-27-50(28-24-47)69-33-16-12-14-18-52-39-53(76-75-52)40-60(5,6)72-59(67)62(9,10)71-57-43(3)37-46(38-44(57)4)20-30-55(64)48-21-25-49(26-22-48)68-32-15-11-13-17-51-31-34-73-74-51/h19-30,35-38,51-53H,11-18,31-34,39-40H2,1-10H3,(H,65,66)/b29-19+,30-20+. The molecule has 410 valence electrons. The molecule has 0 bridgehead atoms. The molecule has 10 nitrogen and oxygen atoms in total. The zero-order chi connectivity index (χ0) is 55.0. The van der Waals surface area contributed by atoms with Gasteiger partial charge in [0.1, 0.15) is 28.6 Å². The molecule has 0 aromatic heterocycles. The zero-order valence-electron chi connectivity index (χ0n) is 46.1. The number of benzene rings is 4. The number of unbranched alkanes of at least 4 members (excludes halogenated alkanes) is 4. The van der Waals surface area contributed by atoms with Crippen molar-refractivity contribution in [3.8, 4) is 23.0 Å². The third-order valence-corrected chi connectivity index (χ3v) is 19.8. The first-order valence-corrected chi connectivity index (χ1v) is 31.3. The number of rotatable bonds is 29. The topological polar surface area (TPSA) is 135 Å². The lowest BCUT2D eigenvalue weighted by atomic mass is 9.97. The van der Waals surface area contributed by atoms with E-state index >= 15 is 0 Å². The lowest BCUT2D eigenvalue weighted by Crippen LogP contribution is -2.45. The maximum Gasteiger partial charge on any atom is 0.350 e. The minimum atomic E-state index is -1.36. The van der Waals surface area contributed by atoms with Gasteiger partial charge in [-0.05, 0) is 233 Å². The molecule has 0 aliphatic carbocycles. The van der Waals surface area contributed by atoms with Crippen molar-refractivity contribution in [1.82, 2.24) is 0 Å². The van der Waals surface area contributed by atoms with Crippen LogP contribution in [0.5, 0.6) is 23.0 Å². The largest absolute Gasteiger partial charge is 0.494 e. The van der Waals surface area contributed by atoms with E-state index in [1.54, 1.807) is 38.1 Å². The van der Waals surface area contributed by atoms with E-state index in [2.05, 4.69) is 0 Å². The summed E-state index contributed by atoms with van der Waals surface area (Å²) >= 11 is 0. The Labute approximate surface area is 467 Å². The molecule has 6 rings (SSSR count). The average molecular weight is 1110 g/mol. The van der Waals surface area contributed by atoms with Crippen LogP contribution in [0.2, 0.25) is 0 Å². The van der Waals surface area contributed by atoms with Crippen LogP contribution in [0, 0.1) is 27.7 Å². The molecule has 76 heavy (non-hydrogen) atoms. The summed E-state index contributed by atoms with van der Waals surface area (Å²) in [6, 6.07) is 22.2. The van der Waals surface area contributed by atoms with E-state index in [1.807, 2.05) is 151 Å². The minimum absolute atomic E-state index is 0.0891. The molecule has 3 atom stereocenters. The fourth-order valence-corrected chi connectivity index (χ4v) is 15.8. The number of carbonyl (C=O) groups is 4. The highest BCUT2D eigenvalue weighted by Crippen LogP contribution is 2.48. The molecule has 4 aromatic rings. The van der Waals surface area contributed by atoms with Gasteiger partial charge in [-0.25, -0.2) is 9.59 Å². The van der Waals surface area contributed by atoms with Crippen molar-refractivity contribution in [3.63, 3.8) is 0 Å². The highest BCUT2D eigenvalue weighted by molar-refractivity contribution is 8.77. The number of allylic oxidation sites excluding steroid dienone is 2. The number of esters is 1. The number of carboxylic acid groups (broad SMARTS) is 1. The summed E-state index contributed by atoms with van der Waals surface area (Å²) in [5, 5.41) is 11.2. The third kappa shape index (κ3) is 18.7. The van der Waals surface area contributed by atoms with Crippen LogP contribution < -0.4 is 18.9 Å². The SMILES string of the molecule is Cc1cc(/C=C/C(=O)c2ccc(OCCCCCC3CC(CC(C)(C)OC(=O)C(C)(C)Oc4c(C)cc(/C=C/C(=O)c5ccc(OCCCCCC6CCSS6)cc5)cc4C)SS3)cc2)cc(C)c1OC(C)(C)C(=O)O. The molecule has 2 aliphatic rings. The van der Waals surface area contributed by atoms with E-state index in [4.69, 9.17) is 23.7 Å². The fraction of sp³-hybridized carbons (Fsp3) is 0.484. The number of aliphatic carboxylic acids is 1. The lowest BCUT2D eigenvalue weighted by Gasteiger charge is -2.33. The van der Waals surface area contributed by atoms with E-state index in [0.717, 1.165) is 95.1 Å². The van der Waals surface area contributed by atoms with Gasteiger partial charge in [0.05, 0.1) is 13.2 Å². The Hall–Kier alpha value is -4.76. The highest BCUT2D eigenvalue weighted by atomic mass is 33.1. The predicted molar refractivity (Wildman–Crippen MR) is 317 cm³/mol. The Morgan fingerprint density at radius 3 is 1.47 bits per heavy atom. The first-order valence-electron chi connectivity index (χ1n) is 26.7. The fourth-order valence-electron chi connectivity index (χ4n) is 9.07. The number of hydrogen-bond donors (Lipinski definition) is 1.